The number of aryl methyl sites for hydroxylation is 2. The number of ether oxygens (including phenoxy) is 2. The van der Waals surface area contributed by atoms with Crippen LogP contribution < -0.4 is 4.74 Å². The minimum atomic E-state index is -0.630. The predicted octanol–water partition coefficient (Wildman–Crippen LogP) is 2.98. The van der Waals surface area contributed by atoms with Gasteiger partial charge in [0.25, 0.3) is 0 Å². The van der Waals surface area contributed by atoms with E-state index in [4.69, 9.17) is 13.9 Å². The van der Waals surface area contributed by atoms with Crippen LogP contribution in [0.5, 0.6) is 5.75 Å². The van der Waals surface area contributed by atoms with Crippen LogP contribution >= 0.6 is 0 Å². The number of rotatable bonds is 1. The minimum absolute atomic E-state index is 0.0979. The molecule has 1 fully saturated rings. The van der Waals surface area contributed by atoms with E-state index in [0.717, 1.165) is 27.7 Å². The molecule has 2 aliphatic rings. The first-order valence-corrected chi connectivity index (χ1v) is 6.98. The van der Waals surface area contributed by atoms with E-state index in [9.17, 15) is 5.11 Å². The first-order valence-electron chi connectivity index (χ1n) is 6.98. The summed E-state index contributed by atoms with van der Waals surface area (Å²) in [7, 11) is 1.62. The van der Waals surface area contributed by atoms with Gasteiger partial charge in [0.2, 0.25) is 0 Å². The molecule has 0 saturated carbocycles. The first-order chi connectivity index (χ1) is 9.56. The lowest BCUT2D eigenvalue weighted by Gasteiger charge is -2.27. The van der Waals surface area contributed by atoms with Gasteiger partial charge in [0.05, 0.1) is 19.5 Å². The molecule has 0 bridgehead atoms. The summed E-state index contributed by atoms with van der Waals surface area (Å²) in [5, 5.41) is 11.6. The lowest BCUT2D eigenvalue weighted by molar-refractivity contribution is 0.133. The van der Waals surface area contributed by atoms with Crippen molar-refractivity contribution in [2.75, 3.05) is 7.11 Å². The summed E-state index contributed by atoms with van der Waals surface area (Å²) < 4.78 is 16.9. The zero-order chi connectivity index (χ0) is 14.2. The van der Waals surface area contributed by atoms with Gasteiger partial charge in [-0.25, -0.2) is 0 Å². The van der Waals surface area contributed by atoms with Gasteiger partial charge in [0.15, 0.2) is 11.3 Å². The van der Waals surface area contributed by atoms with E-state index < -0.39 is 6.10 Å². The molecule has 1 aliphatic carbocycles. The molecule has 4 nitrogen and oxygen atoms in total. The monoisotopic (exact) mass is 274 g/mol. The molecule has 4 rings (SSSR count). The van der Waals surface area contributed by atoms with E-state index in [1.54, 1.807) is 13.4 Å². The van der Waals surface area contributed by atoms with Crippen molar-refractivity contribution in [1.29, 1.82) is 0 Å². The van der Waals surface area contributed by atoms with Crippen molar-refractivity contribution in [2.45, 2.75) is 45.0 Å². The van der Waals surface area contributed by atoms with Gasteiger partial charge in [-0.2, -0.15) is 0 Å². The van der Waals surface area contributed by atoms with Gasteiger partial charge in [-0.3, -0.25) is 0 Å². The Morgan fingerprint density at radius 3 is 2.65 bits per heavy atom. The Morgan fingerprint density at radius 1 is 1.20 bits per heavy atom. The van der Waals surface area contributed by atoms with Gasteiger partial charge in [-0.05, 0) is 30.5 Å². The average molecular weight is 274 g/mol. The fourth-order valence-electron chi connectivity index (χ4n) is 3.86. The molecule has 0 amide bonds. The van der Waals surface area contributed by atoms with Gasteiger partial charge in [0, 0.05) is 16.9 Å². The highest BCUT2D eigenvalue weighted by atomic mass is 16.6. The first kappa shape index (κ1) is 12.2. The maximum atomic E-state index is 10.5. The highest BCUT2D eigenvalue weighted by Gasteiger charge is 2.55. The van der Waals surface area contributed by atoms with Crippen LogP contribution in [0.25, 0.3) is 11.0 Å². The molecule has 4 atom stereocenters. The van der Waals surface area contributed by atoms with Crippen LogP contribution in [0.1, 0.15) is 41.2 Å². The van der Waals surface area contributed by atoms with Gasteiger partial charge in [-0.1, -0.05) is 6.92 Å². The minimum Gasteiger partial charge on any atom is -0.492 e. The summed E-state index contributed by atoms with van der Waals surface area (Å²) >= 11 is 0. The Labute approximate surface area is 117 Å². The Kier molecular flexibility index (Phi) is 2.31. The number of benzene rings is 1. The smallest absolute Gasteiger partial charge is 0.176 e. The number of fused-ring (bicyclic) bond motifs is 3. The molecule has 1 saturated heterocycles. The summed E-state index contributed by atoms with van der Waals surface area (Å²) in [6.45, 7) is 6.28. The predicted molar refractivity (Wildman–Crippen MR) is 74.3 cm³/mol. The Hall–Kier alpha value is -1.52. The van der Waals surface area contributed by atoms with Gasteiger partial charge < -0.3 is 19.0 Å². The van der Waals surface area contributed by atoms with Crippen LogP contribution in [0.15, 0.2) is 10.7 Å². The van der Waals surface area contributed by atoms with E-state index in [1.165, 1.54) is 5.56 Å². The van der Waals surface area contributed by atoms with E-state index in [0.29, 0.717) is 5.75 Å². The average Bonchev–Trinajstić information content (AvgIpc) is 3.14. The fourth-order valence-corrected chi connectivity index (χ4v) is 3.86. The van der Waals surface area contributed by atoms with E-state index in [-0.39, 0.29) is 18.1 Å². The number of epoxide rings is 1. The highest BCUT2D eigenvalue weighted by Crippen LogP contribution is 2.55. The summed E-state index contributed by atoms with van der Waals surface area (Å²) in [5.41, 5.74) is 5.00. The lowest BCUT2D eigenvalue weighted by Crippen LogP contribution is -2.23. The molecule has 1 N–H and O–H groups in total. The topological polar surface area (TPSA) is 55.1 Å². The van der Waals surface area contributed by atoms with Crippen molar-refractivity contribution < 1.29 is 19.0 Å². The molecule has 0 radical (unpaired) electrons. The molecular formula is C16H18O4. The second kappa shape index (κ2) is 3.77. The number of aliphatic hydroxyl groups excluding tert-OH is 1. The third-order valence-corrected chi connectivity index (χ3v) is 4.82. The van der Waals surface area contributed by atoms with Crippen LogP contribution in [0.2, 0.25) is 0 Å². The van der Waals surface area contributed by atoms with Crippen molar-refractivity contribution in [2.24, 2.45) is 0 Å². The number of aliphatic hydroxyl groups is 1. The summed E-state index contributed by atoms with van der Waals surface area (Å²) in [6.07, 6.45) is 1.15. The number of furan rings is 1. The van der Waals surface area contributed by atoms with Crippen LogP contribution in [0.3, 0.4) is 0 Å². The van der Waals surface area contributed by atoms with Crippen molar-refractivity contribution >= 4 is 11.0 Å². The maximum absolute atomic E-state index is 10.5. The second-order valence-corrected chi connectivity index (χ2v) is 5.91. The number of hydrogen-bond acceptors (Lipinski definition) is 4. The Balaban J connectivity index is 2.15. The van der Waals surface area contributed by atoms with Crippen LogP contribution in [0.4, 0.5) is 0 Å². The second-order valence-electron chi connectivity index (χ2n) is 5.91. The van der Waals surface area contributed by atoms with Crippen molar-refractivity contribution in [3.05, 3.63) is 28.5 Å². The Morgan fingerprint density at radius 2 is 1.95 bits per heavy atom. The summed E-state index contributed by atoms with van der Waals surface area (Å²) in [6, 6.07) is 0. The maximum Gasteiger partial charge on any atom is 0.176 e. The molecule has 2 heterocycles. The highest BCUT2D eigenvalue weighted by molar-refractivity contribution is 5.92. The molecule has 2 aromatic rings. The molecule has 20 heavy (non-hydrogen) atoms. The molecular weight excluding hydrogens is 256 g/mol. The van der Waals surface area contributed by atoms with E-state index in [2.05, 4.69) is 13.8 Å². The molecule has 0 spiro atoms. The van der Waals surface area contributed by atoms with Gasteiger partial charge >= 0.3 is 0 Å². The van der Waals surface area contributed by atoms with Crippen LogP contribution in [0, 0.1) is 13.8 Å². The van der Waals surface area contributed by atoms with Crippen molar-refractivity contribution in [3.63, 3.8) is 0 Å². The van der Waals surface area contributed by atoms with E-state index >= 15 is 0 Å². The van der Waals surface area contributed by atoms with Crippen molar-refractivity contribution in [1.82, 2.24) is 0 Å². The van der Waals surface area contributed by atoms with Crippen LogP contribution in [-0.2, 0) is 4.74 Å². The molecule has 1 aromatic carbocycles. The standard InChI is InChI=1S/C16H18O4/c1-6-5-19-15-9(6)7(2)10-8(3)13-16(20-13)12(17)11(10)14(15)18-4/h5,8,12-13,16-17H,1-4H3/t8-,12+,13+,16-/m1/s1. The molecule has 1 aromatic heterocycles. The quantitative estimate of drug-likeness (QED) is 0.812. The van der Waals surface area contributed by atoms with Crippen molar-refractivity contribution in [3.8, 4) is 5.75 Å². The number of hydrogen-bond donors (Lipinski definition) is 1. The van der Waals surface area contributed by atoms with Crippen LogP contribution in [-0.4, -0.2) is 24.4 Å². The number of methoxy groups -OCH3 is 1. The largest absolute Gasteiger partial charge is 0.492 e. The molecule has 0 unspecified atom stereocenters. The SMILES string of the molecule is COc1c2c(c(C)c3c(C)coc13)[C@@H](C)[C@@H]1O[C@@H]1[C@H]2O. The third-order valence-electron chi connectivity index (χ3n) is 4.82. The van der Waals surface area contributed by atoms with E-state index in [1.807, 2.05) is 6.92 Å². The Bertz CT molecular complexity index is 715. The summed E-state index contributed by atoms with van der Waals surface area (Å²) in [4.78, 5) is 0. The molecule has 1 aliphatic heterocycles. The van der Waals surface area contributed by atoms with Gasteiger partial charge in [-0.15, -0.1) is 0 Å². The normalized spacial score (nSPS) is 31.1. The van der Waals surface area contributed by atoms with Gasteiger partial charge in [0.1, 0.15) is 12.2 Å². The third kappa shape index (κ3) is 1.28. The molecule has 106 valence electrons. The lowest BCUT2D eigenvalue weighted by atomic mass is 9.78. The molecule has 4 heteroatoms. The zero-order valence-electron chi connectivity index (χ0n) is 12.1. The zero-order valence-corrected chi connectivity index (χ0v) is 12.1. The fraction of sp³-hybridized carbons (Fsp3) is 0.500. The summed E-state index contributed by atoms with van der Waals surface area (Å²) in [5.74, 6) is 0.924.